The lowest BCUT2D eigenvalue weighted by Crippen LogP contribution is -2.46. The molecule has 1 saturated heterocycles. The zero-order valence-electron chi connectivity index (χ0n) is 15.4. The monoisotopic (exact) mass is 384 g/mol. The highest BCUT2D eigenvalue weighted by molar-refractivity contribution is 5.88. The summed E-state index contributed by atoms with van der Waals surface area (Å²) in [6, 6.07) is 10.3. The summed E-state index contributed by atoms with van der Waals surface area (Å²) >= 11 is 0. The van der Waals surface area contributed by atoms with E-state index in [4.69, 9.17) is 10.5 Å². The Morgan fingerprint density at radius 2 is 1.93 bits per heavy atom. The number of nitrogen functional groups attached to an aromatic ring is 1. The zero-order valence-corrected chi connectivity index (χ0v) is 15.4. The Morgan fingerprint density at radius 1 is 1.18 bits per heavy atom. The third-order valence-corrected chi connectivity index (χ3v) is 4.71. The molecule has 1 fully saturated rings. The fourth-order valence-corrected chi connectivity index (χ4v) is 3.22. The van der Waals surface area contributed by atoms with Crippen molar-refractivity contribution in [3.63, 3.8) is 0 Å². The van der Waals surface area contributed by atoms with Crippen molar-refractivity contribution in [3.05, 3.63) is 41.7 Å². The van der Waals surface area contributed by atoms with Crippen molar-refractivity contribution >= 4 is 17.5 Å². The molecule has 0 aliphatic carbocycles. The lowest BCUT2D eigenvalue weighted by Gasteiger charge is -2.36. The number of rotatable bonds is 5. The molecule has 11 nitrogen and oxygen atoms in total. The van der Waals surface area contributed by atoms with Gasteiger partial charge >= 0.3 is 5.97 Å². The standard InChI is InChI=1S/C17H20N8O3/c1-27-17(26)14-13(25(22-19-14)16-15(18)20-28-21-16)11-23-7-9-24(10-8-23)12-5-3-2-4-6-12/h2-6H,7-11H2,1H3,(H2,18,20). The molecule has 0 bridgehead atoms. The molecular formula is C17H20N8O3. The molecule has 0 saturated carbocycles. The minimum Gasteiger partial charge on any atom is -0.464 e. The van der Waals surface area contributed by atoms with Crippen molar-refractivity contribution in [1.82, 2.24) is 30.2 Å². The van der Waals surface area contributed by atoms with Crippen LogP contribution in [0, 0.1) is 0 Å². The number of hydrogen-bond donors (Lipinski definition) is 1. The van der Waals surface area contributed by atoms with Crippen LogP contribution in [0.2, 0.25) is 0 Å². The molecule has 2 N–H and O–H groups in total. The Balaban J connectivity index is 1.54. The third kappa shape index (κ3) is 3.39. The summed E-state index contributed by atoms with van der Waals surface area (Å²) in [5.74, 6) is -0.309. The predicted octanol–water partition coefficient (Wildman–Crippen LogP) is 0.341. The van der Waals surface area contributed by atoms with Gasteiger partial charge in [-0.15, -0.1) is 5.10 Å². The van der Waals surface area contributed by atoms with E-state index in [0.29, 0.717) is 12.2 Å². The van der Waals surface area contributed by atoms with E-state index < -0.39 is 5.97 Å². The molecule has 3 aromatic rings. The molecule has 0 radical (unpaired) electrons. The van der Waals surface area contributed by atoms with Crippen LogP contribution in [0.15, 0.2) is 35.0 Å². The third-order valence-electron chi connectivity index (χ3n) is 4.71. The second-order valence-corrected chi connectivity index (χ2v) is 6.36. The van der Waals surface area contributed by atoms with Crippen LogP contribution < -0.4 is 10.6 Å². The van der Waals surface area contributed by atoms with Crippen molar-refractivity contribution in [2.75, 3.05) is 43.9 Å². The first-order valence-electron chi connectivity index (χ1n) is 8.81. The highest BCUT2D eigenvalue weighted by Gasteiger charge is 2.27. The molecule has 28 heavy (non-hydrogen) atoms. The number of hydrogen-bond acceptors (Lipinski definition) is 10. The van der Waals surface area contributed by atoms with Gasteiger partial charge in [-0.05, 0) is 22.4 Å². The van der Waals surface area contributed by atoms with Crippen LogP contribution in [0.25, 0.3) is 5.82 Å². The van der Waals surface area contributed by atoms with Gasteiger partial charge in [0, 0.05) is 38.4 Å². The lowest BCUT2D eigenvalue weighted by molar-refractivity contribution is 0.0591. The molecule has 1 aliphatic heterocycles. The summed E-state index contributed by atoms with van der Waals surface area (Å²) in [7, 11) is 1.30. The Bertz CT molecular complexity index is 946. The fourth-order valence-electron chi connectivity index (χ4n) is 3.22. The van der Waals surface area contributed by atoms with E-state index in [9.17, 15) is 4.79 Å². The highest BCUT2D eigenvalue weighted by atomic mass is 16.6. The number of piperazine rings is 1. The summed E-state index contributed by atoms with van der Waals surface area (Å²) in [5, 5.41) is 15.3. The van der Waals surface area contributed by atoms with Gasteiger partial charge in [0.05, 0.1) is 12.8 Å². The molecule has 11 heteroatoms. The summed E-state index contributed by atoms with van der Waals surface area (Å²) in [6.07, 6.45) is 0. The van der Waals surface area contributed by atoms with Crippen molar-refractivity contribution < 1.29 is 14.2 Å². The highest BCUT2D eigenvalue weighted by Crippen LogP contribution is 2.20. The number of benzene rings is 1. The maximum atomic E-state index is 12.1. The second-order valence-electron chi connectivity index (χ2n) is 6.36. The van der Waals surface area contributed by atoms with E-state index in [2.05, 4.69) is 47.2 Å². The molecule has 0 amide bonds. The maximum absolute atomic E-state index is 12.1. The first kappa shape index (κ1) is 17.9. The molecule has 1 aliphatic rings. The number of nitrogens with two attached hydrogens (primary N) is 1. The number of anilines is 2. The van der Waals surface area contributed by atoms with Crippen LogP contribution in [-0.4, -0.2) is 69.5 Å². The minimum absolute atomic E-state index is 0.0662. The summed E-state index contributed by atoms with van der Waals surface area (Å²) < 4.78 is 10.9. The van der Waals surface area contributed by atoms with E-state index >= 15 is 0 Å². The Kier molecular flexibility index (Phi) is 4.89. The molecule has 0 atom stereocenters. The van der Waals surface area contributed by atoms with Gasteiger partial charge in [-0.25, -0.2) is 9.42 Å². The van der Waals surface area contributed by atoms with Gasteiger partial charge in [-0.1, -0.05) is 23.4 Å². The zero-order chi connectivity index (χ0) is 19.5. The largest absolute Gasteiger partial charge is 0.464 e. The van der Waals surface area contributed by atoms with Crippen molar-refractivity contribution in [3.8, 4) is 5.82 Å². The molecule has 146 valence electrons. The van der Waals surface area contributed by atoms with Crippen molar-refractivity contribution in [2.45, 2.75) is 6.54 Å². The van der Waals surface area contributed by atoms with Crippen LogP contribution in [-0.2, 0) is 11.3 Å². The number of esters is 1. The number of methoxy groups -OCH3 is 1. The average molecular weight is 384 g/mol. The van der Waals surface area contributed by atoms with Crippen LogP contribution in [0.1, 0.15) is 16.2 Å². The molecule has 4 rings (SSSR count). The minimum atomic E-state index is -0.570. The Labute approximate surface area is 160 Å². The van der Waals surface area contributed by atoms with Gasteiger partial charge in [0.25, 0.3) is 0 Å². The molecular weight excluding hydrogens is 364 g/mol. The average Bonchev–Trinajstić information content (AvgIpc) is 3.34. The van der Waals surface area contributed by atoms with Crippen LogP contribution in [0.4, 0.5) is 11.5 Å². The SMILES string of the molecule is COC(=O)c1nnn(-c2nonc2N)c1CN1CCN(c2ccccc2)CC1. The first-order chi connectivity index (χ1) is 13.7. The van der Waals surface area contributed by atoms with Crippen LogP contribution >= 0.6 is 0 Å². The number of nitrogens with zero attached hydrogens (tertiary/aromatic N) is 7. The van der Waals surface area contributed by atoms with Crippen molar-refractivity contribution in [2.24, 2.45) is 0 Å². The lowest BCUT2D eigenvalue weighted by atomic mass is 10.2. The van der Waals surface area contributed by atoms with Gasteiger partial charge in [0.1, 0.15) is 0 Å². The molecule has 0 unspecified atom stereocenters. The van der Waals surface area contributed by atoms with Gasteiger partial charge in [0.15, 0.2) is 5.69 Å². The van der Waals surface area contributed by atoms with Crippen LogP contribution in [0.3, 0.4) is 0 Å². The number of para-hydroxylation sites is 1. The van der Waals surface area contributed by atoms with Crippen molar-refractivity contribution in [1.29, 1.82) is 0 Å². The van der Waals surface area contributed by atoms with Gasteiger partial charge in [0.2, 0.25) is 11.6 Å². The number of ether oxygens (including phenoxy) is 1. The van der Waals surface area contributed by atoms with Gasteiger partial charge < -0.3 is 15.4 Å². The number of carbonyl (C=O) groups excluding carboxylic acids is 1. The van der Waals surface area contributed by atoms with E-state index in [0.717, 1.165) is 26.2 Å². The Morgan fingerprint density at radius 3 is 2.57 bits per heavy atom. The normalized spacial score (nSPS) is 15.0. The van der Waals surface area contributed by atoms with E-state index in [1.807, 2.05) is 18.2 Å². The number of aromatic nitrogens is 5. The molecule has 0 spiro atoms. The topological polar surface area (TPSA) is 128 Å². The maximum Gasteiger partial charge on any atom is 0.360 e. The molecule has 3 heterocycles. The van der Waals surface area contributed by atoms with Crippen LogP contribution in [0.5, 0.6) is 0 Å². The van der Waals surface area contributed by atoms with E-state index in [1.165, 1.54) is 17.5 Å². The summed E-state index contributed by atoms with van der Waals surface area (Å²) in [6.45, 7) is 3.80. The fraction of sp³-hybridized carbons (Fsp3) is 0.353. The first-order valence-corrected chi connectivity index (χ1v) is 8.81. The number of carbonyl (C=O) groups is 1. The molecule has 1 aromatic carbocycles. The van der Waals surface area contributed by atoms with E-state index in [1.54, 1.807) is 0 Å². The van der Waals surface area contributed by atoms with Gasteiger partial charge in [-0.2, -0.15) is 4.68 Å². The Hall–Kier alpha value is -3.47. The van der Waals surface area contributed by atoms with E-state index in [-0.39, 0.29) is 17.3 Å². The smallest absolute Gasteiger partial charge is 0.360 e. The van der Waals surface area contributed by atoms with Gasteiger partial charge in [-0.3, -0.25) is 4.90 Å². The predicted molar refractivity (Wildman–Crippen MR) is 98.9 cm³/mol. The molecule has 2 aromatic heterocycles. The summed E-state index contributed by atoms with van der Waals surface area (Å²) in [5.41, 5.74) is 7.63. The summed E-state index contributed by atoms with van der Waals surface area (Å²) in [4.78, 5) is 16.7. The second kappa shape index (κ2) is 7.64. The quantitative estimate of drug-likeness (QED) is 0.615.